The number of amides is 2. The molecule has 2 amide bonds. The molecular weight excluding hydrogens is 476 g/mol. The molecule has 3 saturated carbocycles. The van der Waals surface area contributed by atoms with E-state index in [-0.39, 0.29) is 23.7 Å². The van der Waals surface area contributed by atoms with E-state index in [0.29, 0.717) is 12.8 Å². The van der Waals surface area contributed by atoms with Crippen molar-refractivity contribution in [2.45, 2.75) is 179 Å². The molecule has 38 heavy (non-hydrogen) atoms. The molecule has 0 aromatic carbocycles. The molecule has 3 rings (SSSR count). The molecule has 6 nitrogen and oxygen atoms in total. The smallest absolute Gasteiger partial charge is 0.249 e. The first-order valence-electron chi connectivity index (χ1n) is 16.6. The fraction of sp³-hybridized carbons (Fsp3) is 0.938. The Morgan fingerprint density at radius 1 is 0.368 bits per heavy atom. The Kier molecular flexibility index (Phi) is 15.1. The van der Waals surface area contributed by atoms with Gasteiger partial charge in [-0.2, -0.15) is 0 Å². The van der Waals surface area contributed by atoms with Crippen molar-refractivity contribution in [3.05, 3.63) is 0 Å². The highest BCUT2D eigenvalue weighted by Gasteiger charge is 2.40. The Balaban J connectivity index is 1.62. The van der Waals surface area contributed by atoms with Gasteiger partial charge in [-0.1, -0.05) is 128 Å². The number of rotatable bonds is 4. The van der Waals surface area contributed by atoms with Crippen LogP contribution in [0.15, 0.2) is 0 Å². The highest BCUT2D eigenvalue weighted by Crippen LogP contribution is 2.31. The average molecular weight is 535 g/mol. The highest BCUT2D eigenvalue weighted by molar-refractivity contribution is 5.79. The minimum atomic E-state index is -0.516. The molecule has 0 heterocycles. The van der Waals surface area contributed by atoms with Crippen molar-refractivity contribution < 1.29 is 20.0 Å². The zero-order chi connectivity index (χ0) is 27.0. The lowest BCUT2D eigenvalue weighted by Crippen LogP contribution is -2.56. The van der Waals surface area contributed by atoms with Crippen molar-refractivity contribution in [3.8, 4) is 0 Å². The van der Waals surface area contributed by atoms with Gasteiger partial charge in [0, 0.05) is 11.8 Å². The van der Waals surface area contributed by atoms with E-state index < -0.39 is 12.1 Å². The lowest BCUT2D eigenvalue weighted by Gasteiger charge is -2.41. The van der Waals surface area contributed by atoms with Crippen LogP contribution < -0.4 is 0 Å². The summed E-state index contributed by atoms with van der Waals surface area (Å²) in [5.41, 5.74) is 0. The van der Waals surface area contributed by atoms with E-state index in [1.165, 1.54) is 64.2 Å². The van der Waals surface area contributed by atoms with E-state index >= 15 is 0 Å². The Bertz CT molecular complexity index is 592. The number of hydrogen-bond donors (Lipinski definition) is 2. The molecule has 220 valence electrons. The zero-order valence-electron chi connectivity index (χ0n) is 24.3. The third kappa shape index (κ3) is 10.4. The third-order valence-corrected chi connectivity index (χ3v) is 9.68. The second-order valence-electron chi connectivity index (χ2n) is 12.7. The molecule has 3 aliphatic rings. The van der Waals surface area contributed by atoms with Gasteiger partial charge in [0.15, 0.2) is 0 Å². The standard InChI is InChI=1S/C32H58N2O4/c35-31(27-21-15-11-7-3-1-4-8-12-16-22-27)33(37)29-25-19-20-26-30(29)34(38)32(36)28-23-17-13-9-5-2-6-10-14-18-24-28/h27-30,37-38H,1-26H2. The largest absolute Gasteiger partial charge is 0.286 e. The summed E-state index contributed by atoms with van der Waals surface area (Å²) in [4.78, 5) is 27.1. The van der Waals surface area contributed by atoms with Crippen LogP contribution in [0, 0.1) is 11.8 Å². The van der Waals surface area contributed by atoms with E-state index in [0.717, 1.165) is 100 Å². The maximum absolute atomic E-state index is 13.6. The molecule has 0 radical (unpaired) electrons. The van der Waals surface area contributed by atoms with Gasteiger partial charge < -0.3 is 0 Å². The molecule has 0 spiro atoms. The molecule has 0 aliphatic heterocycles. The fourth-order valence-corrected chi connectivity index (χ4v) is 7.18. The van der Waals surface area contributed by atoms with Crippen LogP contribution >= 0.6 is 0 Å². The molecule has 2 N–H and O–H groups in total. The maximum Gasteiger partial charge on any atom is 0.249 e. The van der Waals surface area contributed by atoms with Crippen LogP contribution in [0.3, 0.4) is 0 Å². The predicted octanol–water partition coefficient (Wildman–Crippen LogP) is 8.58. The normalized spacial score (nSPS) is 27.1. The first-order chi connectivity index (χ1) is 18.6. The number of carbonyl (C=O) groups is 2. The van der Waals surface area contributed by atoms with Crippen molar-refractivity contribution in [1.29, 1.82) is 0 Å². The minimum Gasteiger partial charge on any atom is -0.286 e. The summed E-state index contributed by atoms with van der Waals surface area (Å²) < 4.78 is 0. The van der Waals surface area contributed by atoms with Crippen LogP contribution in [0.4, 0.5) is 0 Å². The van der Waals surface area contributed by atoms with Crippen LogP contribution in [0.5, 0.6) is 0 Å². The van der Waals surface area contributed by atoms with Gasteiger partial charge >= 0.3 is 0 Å². The summed E-state index contributed by atoms with van der Waals surface area (Å²) in [6.07, 6.45) is 27.9. The number of carbonyl (C=O) groups excluding carboxylic acids is 2. The van der Waals surface area contributed by atoms with Gasteiger partial charge in [-0.25, -0.2) is 10.1 Å². The van der Waals surface area contributed by atoms with Crippen molar-refractivity contribution in [2.24, 2.45) is 11.8 Å². The molecular formula is C32H58N2O4. The highest BCUT2D eigenvalue weighted by atomic mass is 16.5. The second-order valence-corrected chi connectivity index (χ2v) is 12.7. The van der Waals surface area contributed by atoms with Gasteiger partial charge in [0.2, 0.25) is 11.8 Å². The van der Waals surface area contributed by atoms with Crippen LogP contribution in [-0.4, -0.2) is 44.4 Å². The van der Waals surface area contributed by atoms with E-state index in [1.54, 1.807) is 0 Å². The molecule has 0 aromatic heterocycles. The molecule has 2 unspecified atom stereocenters. The van der Waals surface area contributed by atoms with Gasteiger partial charge in [0.1, 0.15) is 0 Å². The van der Waals surface area contributed by atoms with Gasteiger partial charge in [0.25, 0.3) is 0 Å². The Labute approximate surface area is 232 Å². The lowest BCUT2D eigenvalue weighted by atomic mass is 9.86. The summed E-state index contributed by atoms with van der Waals surface area (Å²) in [5.74, 6) is -0.691. The van der Waals surface area contributed by atoms with Crippen molar-refractivity contribution in [1.82, 2.24) is 10.1 Å². The van der Waals surface area contributed by atoms with E-state index in [1.807, 2.05) is 0 Å². The number of hydroxylamine groups is 4. The van der Waals surface area contributed by atoms with Gasteiger partial charge in [0.05, 0.1) is 12.1 Å². The third-order valence-electron chi connectivity index (χ3n) is 9.68. The van der Waals surface area contributed by atoms with Gasteiger partial charge in [-0.05, 0) is 38.5 Å². The zero-order valence-corrected chi connectivity index (χ0v) is 24.3. The lowest BCUT2D eigenvalue weighted by molar-refractivity contribution is -0.218. The molecule has 0 saturated heterocycles. The summed E-state index contributed by atoms with van der Waals surface area (Å²) in [6, 6.07) is -1.03. The SMILES string of the molecule is O=C(C1CCCCCCCCCCC1)N(O)C1CCCCC1N(O)C(=O)C1CCCCCCCCCCC1. The van der Waals surface area contributed by atoms with Gasteiger partial charge in [-0.15, -0.1) is 0 Å². The van der Waals surface area contributed by atoms with Crippen molar-refractivity contribution >= 4 is 11.8 Å². The average Bonchev–Trinajstić information content (AvgIpc) is 2.92. The topological polar surface area (TPSA) is 81.1 Å². The summed E-state index contributed by atoms with van der Waals surface area (Å²) >= 11 is 0. The van der Waals surface area contributed by atoms with Crippen LogP contribution in [0.2, 0.25) is 0 Å². The van der Waals surface area contributed by atoms with Crippen LogP contribution in [-0.2, 0) is 9.59 Å². The number of nitrogens with zero attached hydrogens (tertiary/aromatic N) is 2. The monoisotopic (exact) mass is 534 g/mol. The minimum absolute atomic E-state index is 0.156. The van der Waals surface area contributed by atoms with Crippen molar-refractivity contribution in [2.75, 3.05) is 0 Å². The Morgan fingerprint density at radius 2 is 0.579 bits per heavy atom. The first kappa shape index (κ1) is 31.4. The Hall–Kier alpha value is -1.14. The Morgan fingerprint density at radius 3 is 0.842 bits per heavy atom. The maximum atomic E-state index is 13.6. The van der Waals surface area contributed by atoms with Crippen LogP contribution in [0.1, 0.15) is 167 Å². The predicted molar refractivity (Wildman–Crippen MR) is 152 cm³/mol. The van der Waals surface area contributed by atoms with E-state index in [4.69, 9.17) is 0 Å². The van der Waals surface area contributed by atoms with E-state index in [9.17, 15) is 20.0 Å². The quantitative estimate of drug-likeness (QED) is 0.279. The molecule has 0 aromatic rings. The molecule has 3 aliphatic carbocycles. The van der Waals surface area contributed by atoms with Gasteiger partial charge in [-0.3, -0.25) is 20.0 Å². The summed E-state index contributed by atoms with van der Waals surface area (Å²) in [6.45, 7) is 0. The molecule has 0 bridgehead atoms. The van der Waals surface area contributed by atoms with E-state index in [2.05, 4.69) is 0 Å². The molecule has 6 heteroatoms. The second kappa shape index (κ2) is 18.3. The summed E-state index contributed by atoms with van der Waals surface area (Å²) in [7, 11) is 0. The molecule has 2 atom stereocenters. The summed E-state index contributed by atoms with van der Waals surface area (Å²) in [5, 5.41) is 24.4. The van der Waals surface area contributed by atoms with Crippen LogP contribution in [0.25, 0.3) is 0 Å². The fourth-order valence-electron chi connectivity index (χ4n) is 7.18. The van der Waals surface area contributed by atoms with Crippen molar-refractivity contribution in [3.63, 3.8) is 0 Å². The number of hydrogen-bond acceptors (Lipinski definition) is 4. The first-order valence-corrected chi connectivity index (χ1v) is 16.6. The molecule has 3 fully saturated rings.